The third kappa shape index (κ3) is 5.48. The fourth-order valence-corrected chi connectivity index (χ4v) is 3.19. The smallest absolute Gasteiger partial charge is 0.191 e. The first-order valence-corrected chi connectivity index (χ1v) is 8.93. The van der Waals surface area contributed by atoms with E-state index in [1.807, 2.05) is 25.1 Å². The molecule has 1 aliphatic heterocycles. The van der Waals surface area contributed by atoms with Crippen molar-refractivity contribution in [2.45, 2.75) is 38.3 Å². The molecule has 1 atom stereocenters. The Morgan fingerprint density at radius 2 is 2.09 bits per heavy atom. The molecule has 1 saturated heterocycles. The van der Waals surface area contributed by atoms with Crippen molar-refractivity contribution in [3.8, 4) is 0 Å². The van der Waals surface area contributed by atoms with Gasteiger partial charge >= 0.3 is 0 Å². The zero-order valence-electron chi connectivity index (χ0n) is 13.8. The fourth-order valence-electron chi connectivity index (χ4n) is 2.56. The molecule has 1 heterocycles. The van der Waals surface area contributed by atoms with Gasteiger partial charge in [0.2, 0.25) is 0 Å². The Kier molecular flexibility index (Phi) is 6.87. The quantitative estimate of drug-likeness (QED) is 0.540. The van der Waals surface area contributed by atoms with E-state index in [9.17, 15) is 5.11 Å². The highest BCUT2D eigenvalue weighted by Crippen LogP contribution is 2.23. The second kappa shape index (κ2) is 8.66. The van der Waals surface area contributed by atoms with Crippen LogP contribution in [0.5, 0.6) is 0 Å². The molecule has 1 fully saturated rings. The molecule has 1 aromatic carbocycles. The van der Waals surface area contributed by atoms with Crippen LogP contribution in [0.3, 0.4) is 0 Å². The van der Waals surface area contributed by atoms with Crippen molar-refractivity contribution in [1.29, 1.82) is 0 Å². The molecule has 23 heavy (non-hydrogen) atoms. The summed E-state index contributed by atoms with van der Waals surface area (Å²) >= 11 is 3.58. The maximum Gasteiger partial charge on any atom is 0.191 e. The number of aliphatic imine (C=N–C) groups is 1. The molecule has 128 valence electrons. The molecule has 0 bridgehead atoms. The lowest BCUT2D eigenvalue weighted by Crippen LogP contribution is -2.43. The molecule has 1 aliphatic rings. The van der Waals surface area contributed by atoms with Crippen LogP contribution in [0, 0.1) is 0 Å². The topological polar surface area (TPSA) is 65.9 Å². The monoisotopic (exact) mass is 383 g/mol. The van der Waals surface area contributed by atoms with Gasteiger partial charge in [-0.1, -0.05) is 34.1 Å². The van der Waals surface area contributed by atoms with E-state index < -0.39 is 5.60 Å². The number of nitrogens with one attached hydrogen (secondary N) is 2. The van der Waals surface area contributed by atoms with Crippen LogP contribution in [0.2, 0.25) is 0 Å². The van der Waals surface area contributed by atoms with Crippen LogP contribution in [0.15, 0.2) is 33.7 Å². The van der Waals surface area contributed by atoms with Crippen LogP contribution in [-0.2, 0) is 4.74 Å². The zero-order valence-corrected chi connectivity index (χ0v) is 15.4. The van der Waals surface area contributed by atoms with Gasteiger partial charge in [-0.05, 0) is 25.5 Å². The van der Waals surface area contributed by atoms with E-state index in [-0.39, 0.29) is 6.04 Å². The molecular weight excluding hydrogens is 358 g/mol. The number of rotatable bonds is 5. The third-order valence-corrected chi connectivity index (χ3v) is 4.75. The maximum atomic E-state index is 10.5. The summed E-state index contributed by atoms with van der Waals surface area (Å²) in [4.78, 5) is 4.58. The SMILES string of the molecule is CCNC(=NCC1(O)CCOCC1)NC(C)c1ccccc1Br. The van der Waals surface area contributed by atoms with E-state index in [1.165, 1.54) is 5.56 Å². The minimum atomic E-state index is -0.753. The van der Waals surface area contributed by atoms with Gasteiger partial charge in [-0.25, -0.2) is 0 Å². The second-order valence-electron chi connectivity index (χ2n) is 5.92. The lowest BCUT2D eigenvalue weighted by Gasteiger charge is -2.30. The highest BCUT2D eigenvalue weighted by Gasteiger charge is 2.29. The summed E-state index contributed by atoms with van der Waals surface area (Å²) in [5.74, 6) is 0.718. The molecule has 1 aromatic rings. The van der Waals surface area contributed by atoms with Crippen molar-refractivity contribution in [2.24, 2.45) is 4.99 Å². The van der Waals surface area contributed by atoms with Crippen LogP contribution in [0.1, 0.15) is 38.3 Å². The maximum absolute atomic E-state index is 10.5. The third-order valence-electron chi connectivity index (χ3n) is 4.02. The highest BCUT2D eigenvalue weighted by molar-refractivity contribution is 9.10. The molecule has 5 nitrogen and oxygen atoms in total. The van der Waals surface area contributed by atoms with Crippen molar-refractivity contribution < 1.29 is 9.84 Å². The van der Waals surface area contributed by atoms with Gasteiger partial charge in [0.25, 0.3) is 0 Å². The average Bonchev–Trinajstić information content (AvgIpc) is 2.54. The van der Waals surface area contributed by atoms with Crippen LogP contribution in [0.25, 0.3) is 0 Å². The Bertz CT molecular complexity index is 530. The Labute approximate surface area is 146 Å². The van der Waals surface area contributed by atoms with Crippen molar-refractivity contribution in [3.63, 3.8) is 0 Å². The number of nitrogens with zero attached hydrogens (tertiary/aromatic N) is 1. The summed E-state index contributed by atoms with van der Waals surface area (Å²) in [5.41, 5.74) is 0.417. The van der Waals surface area contributed by atoms with Crippen molar-refractivity contribution >= 4 is 21.9 Å². The lowest BCUT2D eigenvalue weighted by atomic mass is 9.95. The van der Waals surface area contributed by atoms with Crippen molar-refractivity contribution in [1.82, 2.24) is 10.6 Å². The van der Waals surface area contributed by atoms with Gasteiger partial charge in [-0.15, -0.1) is 0 Å². The van der Waals surface area contributed by atoms with Gasteiger partial charge in [-0.2, -0.15) is 0 Å². The second-order valence-corrected chi connectivity index (χ2v) is 6.77. The largest absolute Gasteiger partial charge is 0.388 e. The summed E-state index contributed by atoms with van der Waals surface area (Å²) in [5, 5.41) is 17.2. The first kappa shape index (κ1) is 18.2. The molecule has 0 amide bonds. The van der Waals surface area contributed by atoms with E-state index >= 15 is 0 Å². The number of benzene rings is 1. The van der Waals surface area contributed by atoms with Gasteiger partial charge in [0.1, 0.15) is 0 Å². The van der Waals surface area contributed by atoms with Gasteiger partial charge in [0.05, 0.1) is 18.2 Å². The minimum Gasteiger partial charge on any atom is -0.388 e. The van der Waals surface area contributed by atoms with Gasteiger partial charge in [-0.3, -0.25) is 4.99 Å². The molecular formula is C17H26BrN3O2. The molecule has 2 rings (SSSR count). The number of hydrogen-bond donors (Lipinski definition) is 3. The van der Waals surface area contributed by atoms with Gasteiger partial charge in [0, 0.05) is 37.1 Å². The normalized spacial score (nSPS) is 19.2. The lowest BCUT2D eigenvalue weighted by molar-refractivity contribution is -0.0566. The van der Waals surface area contributed by atoms with Crippen molar-refractivity contribution in [3.05, 3.63) is 34.3 Å². The Morgan fingerprint density at radius 3 is 2.74 bits per heavy atom. The molecule has 3 N–H and O–H groups in total. The highest BCUT2D eigenvalue weighted by atomic mass is 79.9. The number of aliphatic hydroxyl groups is 1. The molecule has 0 aliphatic carbocycles. The Morgan fingerprint density at radius 1 is 1.39 bits per heavy atom. The number of ether oxygens (including phenoxy) is 1. The summed E-state index contributed by atoms with van der Waals surface area (Å²) in [6.45, 7) is 6.48. The van der Waals surface area contributed by atoms with Gasteiger partial charge in [0.15, 0.2) is 5.96 Å². The Hall–Kier alpha value is -1.11. The van der Waals surface area contributed by atoms with Crippen LogP contribution >= 0.6 is 15.9 Å². The van der Waals surface area contributed by atoms with E-state index in [2.05, 4.69) is 44.5 Å². The molecule has 0 saturated carbocycles. The van der Waals surface area contributed by atoms with Gasteiger partial charge < -0.3 is 20.5 Å². The first-order chi connectivity index (χ1) is 11.0. The van der Waals surface area contributed by atoms with Crippen LogP contribution in [-0.4, -0.2) is 43.0 Å². The standard InChI is InChI=1S/C17H26BrN3O2/c1-3-19-16(20-12-17(22)8-10-23-11-9-17)21-13(2)14-6-4-5-7-15(14)18/h4-7,13,22H,3,8-12H2,1-2H3,(H2,19,20,21). The Balaban J connectivity index is 2.02. The molecule has 0 aromatic heterocycles. The number of guanidine groups is 1. The van der Waals surface area contributed by atoms with E-state index in [4.69, 9.17) is 4.74 Å². The predicted octanol–water partition coefficient (Wildman–Crippen LogP) is 2.61. The average molecular weight is 384 g/mol. The fraction of sp³-hybridized carbons (Fsp3) is 0.588. The van der Waals surface area contributed by atoms with E-state index in [0.717, 1.165) is 17.0 Å². The molecule has 1 unspecified atom stereocenters. The summed E-state index contributed by atoms with van der Waals surface area (Å²) in [7, 11) is 0. The van der Waals surface area contributed by atoms with Crippen molar-refractivity contribution in [2.75, 3.05) is 26.3 Å². The van der Waals surface area contributed by atoms with Crippen LogP contribution < -0.4 is 10.6 Å². The summed E-state index contributed by atoms with van der Waals surface area (Å²) in [6, 6.07) is 8.24. The molecule has 0 radical (unpaired) electrons. The summed E-state index contributed by atoms with van der Waals surface area (Å²) < 4.78 is 6.38. The molecule has 0 spiro atoms. The number of halogens is 1. The summed E-state index contributed by atoms with van der Waals surface area (Å²) in [6.07, 6.45) is 1.27. The van der Waals surface area contributed by atoms with E-state index in [0.29, 0.717) is 32.6 Å². The zero-order chi connectivity index (χ0) is 16.7. The minimum absolute atomic E-state index is 0.104. The predicted molar refractivity (Wildman–Crippen MR) is 96.7 cm³/mol. The first-order valence-electron chi connectivity index (χ1n) is 8.13. The van der Waals surface area contributed by atoms with Crippen LogP contribution in [0.4, 0.5) is 0 Å². The van der Waals surface area contributed by atoms with E-state index in [1.54, 1.807) is 0 Å². The number of hydrogen-bond acceptors (Lipinski definition) is 3. The molecule has 6 heteroatoms.